The standard InChI is InChI=1S/C11H10N2O5S2/c12-7-9-3-1-4-11(10(9)8-13)19(14,15)5-2-6-20(16,17)18/h1,3-4H,2,5-6H2,(H,16,17,18)/p-1. The quantitative estimate of drug-likeness (QED) is 0.704. The van der Waals surface area contributed by atoms with Gasteiger partial charge in [-0.1, -0.05) is 6.07 Å². The summed E-state index contributed by atoms with van der Waals surface area (Å²) in [6.07, 6.45) is -0.365. The number of nitriles is 2. The summed E-state index contributed by atoms with van der Waals surface area (Å²) in [7, 11) is -8.42. The van der Waals surface area contributed by atoms with Crippen LogP contribution in [0.4, 0.5) is 0 Å². The lowest BCUT2D eigenvalue weighted by molar-refractivity contribution is 0.462. The highest BCUT2D eigenvalue weighted by Crippen LogP contribution is 2.20. The third kappa shape index (κ3) is 4.03. The van der Waals surface area contributed by atoms with Crippen molar-refractivity contribution in [3.8, 4) is 12.1 Å². The Kier molecular flexibility index (Phi) is 4.84. The summed E-state index contributed by atoms with van der Waals surface area (Å²) in [6, 6.07) is 7.14. The molecule has 0 amide bonds. The van der Waals surface area contributed by atoms with Crippen LogP contribution in [0.25, 0.3) is 0 Å². The van der Waals surface area contributed by atoms with E-state index < -0.39 is 31.5 Å². The van der Waals surface area contributed by atoms with Gasteiger partial charge in [0.25, 0.3) is 0 Å². The summed E-state index contributed by atoms with van der Waals surface area (Å²) < 4.78 is 55.3. The van der Waals surface area contributed by atoms with E-state index in [0.717, 1.165) is 0 Å². The molecule has 0 aliphatic rings. The molecule has 9 heteroatoms. The molecule has 0 saturated carbocycles. The highest BCUT2D eigenvalue weighted by atomic mass is 32.2. The van der Waals surface area contributed by atoms with Crippen molar-refractivity contribution < 1.29 is 21.4 Å². The van der Waals surface area contributed by atoms with Crippen molar-refractivity contribution in [2.45, 2.75) is 11.3 Å². The molecule has 0 saturated heterocycles. The van der Waals surface area contributed by atoms with Crippen LogP contribution < -0.4 is 0 Å². The van der Waals surface area contributed by atoms with Gasteiger partial charge in [-0.25, -0.2) is 16.8 Å². The van der Waals surface area contributed by atoms with Gasteiger partial charge in [0.05, 0.1) is 31.9 Å². The lowest BCUT2D eigenvalue weighted by atomic mass is 10.1. The number of nitrogens with zero attached hydrogens (tertiary/aromatic N) is 2. The minimum Gasteiger partial charge on any atom is -0.748 e. The minimum atomic E-state index is -4.49. The summed E-state index contributed by atoms with van der Waals surface area (Å²) in [5, 5.41) is 17.7. The Hall–Kier alpha value is -1.94. The van der Waals surface area contributed by atoms with Crippen LogP contribution >= 0.6 is 0 Å². The zero-order valence-corrected chi connectivity index (χ0v) is 11.7. The average molecular weight is 313 g/mol. The van der Waals surface area contributed by atoms with Crippen molar-refractivity contribution in [1.29, 1.82) is 10.5 Å². The van der Waals surface area contributed by atoms with E-state index >= 15 is 0 Å². The molecule has 0 bridgehead atoms. The number of sulfone groups is 1. The smallest absolute Gasteiger partial charge is 0.179 e. The van der Waals surface area contributed by atoms with Crippen molar-refractivity contribution in [2.75, 3.05) is 11.5 Å². The monoisotopic (exact) mass is 313 g/mol. The van der Waals surface area contributed by atoms with Gasteiger partial charge in [-0.05, 0) is 18.6 Å². The van der Waals surface area contributed by atoms with Crippen LogP contribution in [0.1, 0.15) is 17.5 Å². The minimum absolute atomic E-state index is 0.0787. The topological polar surface area (TPSA) is 139 Å². The molecule has 7 nitrogen and oxygen atoms in total. The lowest BCUT2D eigenvalue weighted by Gasteiger charge is -2.09. The van der Waals surface area contributed by atoms with E-state index in [1.165, 1.54) is 18.2 Å². The summed E-state index contributed by atoms with van der Waals surface area (Å²) in [5.74, 6) is -1.38. The van der Waals surface area contributed by atoms with E-state index in [2.05, 4.69) is 0 Å². The summed E-state index contributed by atoms with van der Waals surface area (Å²) in [4.78, 5) is -0.331. The van der Waals surface area contributed by atoms with E-state index in [0.29, 0.717) is 0 Å². The van der Waals surface area contributed by atoms with Gasteiger partial charge in [-0.3, -0.25) is 0 Å². The molecule has 1 rings (SSSR count). The number of benzene rings is 1. The van der Waals surface area contributed by atoms with Crippen molar-refractivity contribution in [2.24, 2.45) is 0 Å². The fourth-order valence-electron chi connectivity index (χ4n) is 1.53. The largest absolute Gasteiger partial charge is 0.748 e. The van der Waals surface area contributed by atoms with E-state index in [-0.39, 0.29) is 22.4 Å². The van der Waals surface area contributed by atoms with Crippen LogP contribution in [0, 0.1) is 22.7 Å². The zero-order chi connectivity index (χ0) is 15.4. The number of hydrogen-bond donors (Lipinski definition) is 0. The molecule has 20 heavy (non-hydrogen) atoms. The van der Waals surface area contributed by atoms with Gasteiger partial charge in [0.1, 0.15) is 12.1 Å². The first-order valence-electron chi connectivity index (χ1n) is 5.31. The molecule has 0 N–H and O–H groups in total. The Bertz CT molecular complexity index is 798. The van der Waals surface area contributed by atoms with Crippen LogP contribution in [0.5, 0.6) is 0 Å². The molecule has 1 aromatic rings. The SMILES string of the molecule is N#Cc1cccc(S(=O)(=O)CCCS(=O)(=O)[O-])c1C#N. The third-order valence-electron chi connectivity index (χ3n) is 2.40. The predicted octanol–water partition coefficient (Wildman–Crippen LogP) is 0.139. The highest BCUT2D eigenvalue weighted by Gasteiger charge is 2.21. The molecule has 0 unspecified atom stereocenters. The van der Waals surface area contributed by atoms with Gasteiger partial charge in [0, 0.05) is 5.75 Å². The first-order chi connectivity index (χ1) is 9.21. The molecule has 0 aliphatic heterocycles. The van der Waals surface area contributed by atoms with E-state index in [9.17, 15) is 21.4 Å². The fourth-order valence-corrected chi connectivity index (χ4v) is 3.71. The van der Waals surface area contributed by atoms with Crippen molar-refractivity contribution in [1.82, 2.24) is 0 Å². The Labute approximate surface area is 116 Å². The molecule has 0 heterocycles. The Morgan fingerprint density at radius 2 is 1.70 bits per heavy atom. The second-order valence-electron chi connectivity index (χ2n) is 3.84. The first-order valence-corrected chi connectivity index (χ1v) is 8.54. The molecule has 0 spiro atoms. The summed E-state index contributed by atoms with van der Waals surface area (Å²) in [6.45, 7) is 0. The van der Waals surface area contributed by atoms with Crippen LogP contribution in [0.2, 0.25) is 0 Å². The first kappa shape index (κ1) is 16.1. The van der Waals surface area contributed by atoms with E-state index in [4.69, 9.17) is 10.5 Å². The highest BCUT2D eigenvalue weighted by molar-refractivity contribution is 7.91. The molecule has 0 aliphatic carbocycles. The third-order valence-corrected chi connectivity index (χ3v) is 5.03. The predicted molar refractivity (Wildman–Crippen MR) is 67.1 cm³/mol. The van der Waals surface area contributed by atoms with Gasteiger partial charge in [0.15, 0.2) is 9.84 Å². The molecule has 0 atom stereocenters. The Morgan fingerprint density at radius 1 is 1.05 bits per heavy atom. The van der Waals surface area contributed by atoms with Crippen molar-refractivity contribution in [3.63, 3.8) is 0 Å². The molecule has 0 fully saturated rings. The fraction of sp³-hybridized carbons (Fsp3) is 0.273. The molecule has 1 aromatic carbocycles. The van der Waals surface area contributed by atoms with Crippen LogP contribution in [-0.2, 0) is 20.0 Å². The normalized spacial score (nSPS) is 11.6. The number of rotatable bonds is 5. The van der Waals surface area contributed by atoms with Gasteiger partial charge >= 0.3 is 0 Å². The molecular formula is C11H9N2O5S2-. The van der Waals surface area contributed by atoms with Gasteiger partial charge in [0.2, 0.25) is 0 Å². The zero-order valence-electron chi connectivity index (χ0n) is 10.1. The van der Waals surface area contributed by atoms with Gasteiger partial charge in [-0.15, -0.1) is 0 Å². The Morgan fingerprint density at radius 3 is 2.20 bits per heavy atom. The average Bonchev–Trinajstić information content (AvgIpc) is 2.35. The molecule has 0 aromatic heterocycles. The van der Waals surface area contributed by atoms with Crippen molar-refractivity contribution >= 4 is 20.0 Å². The maximum atomic E-state index is 12.0. The van der Waals surface area contributed by atoms with E-state index in [1.807, 2.05) is 0 Å². The van der Waals surface area contributed by atoms with Gasteiger partial charge < -0.3 is 4.55 Å². The van der Waals surface area contributed by atoms with Crippen LogP contribution in [-0.4, -0.2) is 32.9 Å². The van der Waals surface area contributed by atoms with Crippen LogP contribution in [0.15, 0.2) is 23.1 Å². The summed E-state index contributed by atoms with van der Waals surface area (Å²) >= 11 is 0. The number of hydrogen-bond acceptors (Lipinski definition) is 7. The summed E-state index contributed by atoms with van der Waals surface area (Å²) in [5.41, 5.74) is -0.356. The van der Waals surface area contributed by atoms with Gasteiger partial charge in [-0.2, -0.15) is 10.5 Å². The Balaban J connectivity index is 3.12. The molecule has 106 valence electrons. The van der Waals surface area contributed by atoms with Crippen molar-refractivity contribution in [3.05, 3.63) is 29.3 Å². The molecule has 0 radical (unpaired) electrons. The maximum absolute atomic E-state index is 12.0. The molecular weight excluding hydrogens is 304 g/mol. The second-order valence-corrected chi connectivity index (χ2v) is 7.44. The lowest BCUT2D eigenvalue weighted by Crippen LogP contribution is -2.14. The maximum Gasteiger partial charge on any atom is 0.179 e. The van der Waals surface area contributed by atoms with Crippen LogP contribution in [0.3, 0.4) is 0 Å². The second kappa shape index (κ2) is 6.01. The van der Waals surface area contributed by atoms with E-state index in [1.54, 1.807) is 12.1 Å².